The van der Waals surface area contributed by atoms with Crippen molar-refractivity contribution in [2.24, 2.45) is 0 Å². The van der Waals surface area contributed by atoms with Crippen LogP contribution in [-0.2, 0) is 10.0 Å². The molecule has 3 rings (SSSR count). The van der Waals surface area contributed by atoms with Crippen molar-refractivity contribution in [3.8, 4) is 0 Å². The minimum Gasteiger partial charge on any atom is -0.346 e. The second-order valence-electron chi connectivity index (χ2n) is 6.78. The summed E-state index contributed by atoms with van der Waals surface area (Å²) in [7, 11) is -3.69. The zero-order valence-corrected chi connectivity index (χ0v) is 17.6. The Kier molecular flexibility index (Phi) is 6.52. The Labute approximate surface area is 176 Å². The van der Waals surface area contributed by atoms with Crippen molar-refractivity contribution < 1.29 is 17.6 Å². The van der Waals surface area contributed by atoms with Gasteiger partial charge in [0.1, 0.15) is 5.82 Å². The molecule has 0 aliphatic heterocycles. The Morgan fingerprint density at radius 3 is 2.13 bits per heavy atom. The maximum Gasteiger partial charge on any atom is 0.264 e. The van der Waals surface area contributed by atoms with Gasteiger partial charge in [-0.15, -0.1) is 0 Å². The lowest BCUT2D eigenvalue weighted by Gasteiger charge is -2.23. The summed E-state index contributed by atoms with van der Waals surface area (Å²) in [6.07, 6.45) is 0. The summed E-state index contributed by atoms with van der Waals surface area (Å²) < 4.78 is 40.2. The molecule has 0 aromatic heterocycles. The van der Waals surface area contributed by atoms with E-state index in [0.717, 1.165) is 5.56 Å². The number of hydrogen-bond donors (Lipinski definition) is 1. The van der Waals surface area contributed by atoms with Gasteiger partial charge in [0.2, 0.25) is 0 Å². The number of rotatable bonds is 7. The van der Waals surface area contributed by atoms with Gasteiger partial charge in [0, 0.05) is 12.1 Å². The molecule has 3 aromatic carbocycles. The van der Waals surface area contributed by atoms with Crippen LogP contribution in [0, 0.1) is 5.82 Å². The number of halogens is 1. The SMILES string of the molecule is CCN(c1ccc(C(=O)N[C@@H](C)c2ccc(F)cc2)cc1)S(=O)(=O)c1ccccc1. The average molecular weight is 427 g/mol. The molecule has 0 saturated carbocycles. The lowest BCUT2D eigenvalue weighted by atomic mass is 10.1. The summed E-state index contributed by atoms with van der Waals surface area (Å²) in [4.78, 5) is 12.8. The zero-order chi connectivity index (χ0) is 21.7. The predicted molar refractivity (Wildman–Crippen MR) is 115 cm³/mol. The highest BCUT2D eigenvalue weighted by molar-refractivity contribution is 7.92. The molecule has 1 amide bonds. The molecule has 0 aliphatic rings. The molecule has 7 heteroatoms. The number of carbonyl (C=O) groups is 1. The van der Waals surface area contributed by atoms with Gasteiger partial charge in [-0.1, -0.05) is 30.3 Å². The van der Waals surface area contributed by atoms with E-state index < -0.39 is 10.0 Å². The van der Waals surface area contributed by atoms with Gasteiger partial charge in [-0.2, -0.15) is 0 Å². The normalized spacial score (nSPS) is 12.2. The van der Waals surface area contributed by atoms with Gasteiger partial charge in [0.05, 0.1) is 16.6 Å². The van der Waals surface area contributed by atoms with Crippen LogP contribution in [0.3, 0.4) is 0 Å². The Balaban J connectivity index is 1.76. The number of nitrogens with zero attached hydrogens (tertiary/aromatic N) is 1. The fourth-order valence-electron chi connectivity index (χ4n) is 3.10. The molecule has 0 aliphatic carbocycles. The van der Waals surface area contributed by atoms with Crippen LogP contribution in [-0.4, -0.2) is 20.9 Å². The third kappa shape index (κ3) is 4.68. The van der Waals surface area contributed by atoms with E-state index in [-0.39, 0.29) is 29.2 Å². The standard InChI is InChI=1S/C23H23FN2O3S/c1-3-26(30(28,29)22-7-5-4-6-8-22)21-15-11-19(12-16-21)23(27)25-17(2)18-9-13-20(24)14-10-18/h4-17H,3H2,1-2H3,(H,25,27)/t17-/m0/s1. The third-order valence-electron chi connectivity index (χ3n) is 4.75. The first-order valence-electron chi connectivity index (χ1n) is 9.57. The summed E-state index contributed by atoms with van der Waals surface area (Å²) in [5.74, 6) is -0.633. The number of hydrogen-bond acceptors (Lipinski definition) is 3. The van der Waals surface area contributed by atoms with Crippen molar-refractivity contribution >= 4 is 21.6 Å². The molecule has 0 fully saturated rings. The minimum atomic E-state index is -3.69. The Morgan fingerprint density at radius 2 is 1.57 bits per heavy atom. The van der Waals surface area contributed by atoms with Crippen LogP contribution in [0.25, 0.3) is 0 Å². The number of sulfonamides is 1. The van der Waals surface area contributed by atoms with Crippen molar-refractivity contribution in [2.75, 3.05) is 10.8 Å². The van der Waals surface area contributed by atoms with Crippen LogP contribution in [0.4, 0.5) is 10.1 Å². The second-order valence-corrected chi connectivity index (χ2v) is 8.64. The minimum absolute atomic E-state index is 0.210. The smallest absolute Gasteiger partial charge is 0.264 e. The lowest BCUT2D eigenvalue weighted by molar-refractivity contribution is 0.0940. The molecular weight excluding hydrogens is 403 g/mol. The summed E-state index contributed by atoms with van der Waals surface area (Å²) in [6, 6.07) is 20.3. The van der Waals surface area contributed by atoms with Crippen molar-refractivity contribution in [1.29, 1.82) is 0 Å². The number of carbonyl (C=O) groups excluding carboxylic acids is 1. The van der Waals surface area contributed by atoms with E-state index >= 15 is 0 Å². The first-order chi connectivity index (χ1) is 14.3. The van der Waals surface area contributed by atoms with Gasteiger partial charge < -0.3 is 5.32 Å². The van der Waals surface area contributed by atoms with Gasteiger partial charge in [-0.3, -0.25) is 9.10 Å². The zero-order valence-electron chi connectivity index (χ0n) is 16.7. The van der Waals surface area contributed by atoms with E-state index in [1.54, 1.807) is 73.7 Å². The van der Waals surface area contributed by atoms with Gasteiger partial charge in [0.25, 0.3) is 15.9 Å². The van der Waals surface area contributed by atoms with E-state index in [4.69, 9.17) is 0 Å². The lowest BCUT2D eigenvalue weighted by Crippen LogP contribution is -2.31. The molecule has 0 unspecified atom stereocenters. The summed E-state index contributed by atoms with van der Waals surface area (Å²) in [6.45, 7) is 3.82. The predicted octanol–water partition coefficient (Wildman–Crippen LogP) is 4.53. The highest BCUT2D eigenvalue weighted by Gasteiger charge is 2.23. The first kappa shape index (κ1) is 21.5. The van der Waals surface area contributed by atoms with Gasteiger partial charge in [0.15, 0.2) is 0 Å². The van der Waals surface area contributed by atoms with Crippen LogP contribution in [0.2, 0.25) is 0 Å². The maximum atomic E-state index is 13.1. The van der Waals surface area contributed by atoms with Crippen LogP contribution in [0.15, 0.2) is 83.8 Å². The van der Waals surface area contributed by atoms with Crippen LogP contribution in [0.5, 0.6) is 0 Å². The fraction of sp³-hybridized carbons (Fsp3) is 0.174. The molecule has 0 spiro atoms. The van der Waals surface area contributed by atoms with Gasteiger partial charge in [-0.05, 0) is 67.9 Å². The molecule has 1 atom stereocenters. The summed E-state index contributed by atoms with van der Waals surface area (Å²) in [5.41, 5.74) is 1.66. The van der Waals surface area contributed by atoms with E-state index in [1.165, 1.54) is 16.4 Å². The highest BCUT2D eigenvalue weighted by atomic mass is 32.2. The van der Waals surface area contributed by atoms with Crippen LogP contribution < -0.4 is 9.62 Å². The number of amides is 1. The van der Waals surface area contributed by atoms with Crippen LogP contribution >= 0.6 is 0 Å². The summed E-state index contributed by atoms with van der Waals surface area (Å²) in [5, 5.41) is 2.86. The van der Waals surface area contributed by atoms with Crippen molar-refractivity contribution in [2.45, 2.75) is 24.8 Å². The topological polar surface area (TPSA) is 66.5 Å². The first-order valence-corrected chi connectivity index (χ1v) is 11.0. The van der Waals surface area contributed by atoms with Crippen molar-refractivity contribution in [3.63, 3.8) is 0 Å². The highest BCUT2D eigenvalue weighted by Crippen LogP contribution is 2.24. The number of anilines is 1. The third-order valence-corrected chi connectivity index (χ3v) is 6.67. The van der Waals surface area contributed by atoms with Gasteiger partial charge >= 0.3 is 0 Å². The average Bonchev–Trinajstić information content (AvgIpc) is 2.75. The molecule has 0 bridgehead atoms. The molecule has 0 radical (unpaired) electrons. The van der Waals surface area contributed by atoms with Crippen molar-refractivity contribution in [1.82, 2.24) is 5.32 Å². The van der Waals surface area contributed by atoms with Crippen molar-refractivity contribution in [3.05, 3.63) is 95.8 Å². The Bertz CT molecular complexity index is 1100. The Morgan fingerprint density at radius 1 is 0.967 bits per heavy atom. The van der Waals surface area contributed by atoms with E-state index in [2.05, 4.69) is 5.32 Å². The number of benzene rings is 3. The largest absolute Gasteiger partial charge is 0.346 e. The molecule has 5 nitrogen and oxygen atoms in total. The van der Waals surface area contributed by atoms with E-state index in [9.17, 15) is 17.6 Å². The molecule has 3 aromatic rings. The van der Waals surface area contributed by atoms with E-state index in [0.29, 0.717) is 11.3 Å². The molecule has 30 heavy (non-hydrogen) atoms. The molecule has 0 heterocycles. The monoisotopic (exact) mass is 426 g/mol. The second kappa shape index (κ2) is 9.09. The van der Waals surface area contributed by atoms with Gasteiger partial charge in [-0.25, -0.2) is 12.8 Å². The molecule has 1 N–H and O–H groups in total. The molecule has 0 saturated heterocycles. The fourth-order valence-corrected chi connectivity index (χ4v) is 4.60. The quantitative estimate of drug-likeness (QED) is 0.604. The molecule has 156 valence electrons. The van der Waals surface area contributed by atoms with E-state index in [1.807, 2.05) is 6.92 Å². The van der Waals surface area contributed by atoms with Crippen LogP contribution in [0.1, 0.15) is 35.8 Å². The Hall–Kier alpha value is -3.19. The molecular formula is C23H23FN2O3S. The number of nitrogens with one attached hydrogen (secondary N) is 1. The summed E-state index contributed by atoms with van der Waals surface area (Å²) >= 11 is 0. The maximum absolute atomic E-state index is 13.1.